The van der Waals surface area contributed by atoms with E-state index in [1.54, 1.807) is 6.08 Å². The van der Waals surface area contributed by atoms with Crippen molar-refractivity contribution in [1.82, 2.24) is 5.32 Å². The van der Waals surface area contributed by atoms with E-state index in [4.69, 9.17) is 9.47 Å². The summed E-state index contributed by atoms with van der Waals surface area (Å²) in [4.78, 5) is 13.0. The van der Waals surface area contributed by atoms with Gasteiger partial charge in [0.05, 0.1) is 25.4 Å². The zero-order valence-corrected chi connectivity index (χ0v) is 45.3. The van der Waals surface area contributed by atoms with Gasteiger partial charge < -0.3 is 40.3 Å². The van der Waals surface area contributed by atoms with Gasteiger partial charge in [-0.3, -0.25) is 4.79 Å². The van der Waals surface area contributed by atoms with Crippen molar-refractivity contribution in [3.05, 3.63) is 60.8 Å². The number of ether oxygens (including phenoxy) is 2. The average molecular weight is 987 g/mol. The lowest BCUT2D eigenvalue weighted by atomic mass is 9.99. The first-order valence-electron chi connectivity index (χ1n) is 29.5. The summed E-state index contributed by atoms with van der Waals surface area (Å²) >= 11 is 0. The molecule has 0 aromatic rings. The van der Waals surface area contributed by atoms with Crippen molar-refractivity contribution < 1.29 is 39.8 Å². The first kappa shape index (κ1) is 65.9. The van der Waals surface area contributed by atoms with E-state index >= 15 is 0 Å². The number of aliphatic hydroxyl groups excluding tert-OH is 5. The van der Waals surface area contributed by atoms with Gasteiger partial charge in [0.15, 0.2) is 6.29 Å². The lowest BCUT2D eigenvalue weighted by Gasteiger charge is -2.40. The fourth-order valence-corrected chi connectivity index (χ4v) is 9.12. The highest BCUT2D eigenvalue weighted by Crippen LogP contribution is 2.23. The molecule has 0 bridgehead atoms. The van der Waals surface area contributed by atoms with Crippen LogP contribution in [0.5, 0.6) is 0 Å². The van der Waals surface area contributed by atoms with Crippen LogP contribution in [0.4, 0.5) is 0 Å². The molecule has 1 heterocycles. The average Bonchev–Trinajstić information content (AvgIpc) is 3.36. The van der Waals surface area contributed by atoms with Gasteiger partial charge in [-0.05, 0) is 70.6 Å². The Hall–Kier alpha value is -2.11. The first-order chi connectivity index (χ1) is 34.3. The molecule has 0 aromatic heterocycles. The highest BCUT2D eigenvalue weighted by molar-refractivity contribution is 5.76. The summed E-state index contributed by atoms with van der Waals surface area (Å²) in [6.45, 7) is 3.76. The minimum Gasteiger partial charge on any atom is -0.394 e. The maximum atomic E-state index is 13.0. The van der Waals surface area contributed by atoms with Crippen LogP contribution in [0, 0.1) is 0 Å². The summed E-state index contributed by atoms with van der Waals surface area (Å²) in [5.74, 6) is -0.186. The van der Waals surface area contributed by atoms with E-state index in [1.807, 2.05) is 6.08 Å². The van der Waals surface area contributed by atoms with Crippen LogP contribution in [-0.2, 0) is 14.3 Å². The number of carbonyl (C=O) groups excluding carboxylic acids is 1. The Kier molecular flexibility index (Phi) is 47.5. The molecule has 7 atom stereocenters. The van der Waals surface area contributed by atoms with Crippen LogP contribution in [0.2, 0.25) is 0 Å². The molecule has 0 aromatic carbocycles. The Morgan fingerprint density at radius 2 is 0.857 bits per heavy atom. The lowest BCUT2D eigenvalue weighted by Crippen LogP contribution is -2.60. The van der Waals surface area contributed by atoms with Crippen LogP contribution in [0.25, 0.3) is 0 Å². The van der Waals surface area contributed by atoms with Crippen LogP contribution in [0.3, 0.4) is 0 Å². The van der Waals surface area contributed by atoms with Gasteiger partial charge in [0.2, 0.25) is 5.91 Å². The van der Waals surface area contributed by atoms with Crippen LogP contribution < -0.4 is 5.32 Å². The number of nitrogens with one attached hydrogen (secondary N) is 1. The number of allylic oxidation sites excluding steroid dienone is 9. The second kappa shape index (κ2) is 50.4. The molecule has 0 radical (unpaired) electrons. The summed E-state index contributed by atoms with van der Waals surface area (Å²) in [6, 6.07) is -0.823. The molecular weight excluding hydrogens is 875 g/mol. The molecule has 9 nitrogen and oxygen atoms in total. The van der Waals surface area contributed by atoms with E-state index in [9.17, 15) is 30.3 Å². The fraction of sp³-hybridized carbons (Fsp3) is 0.820. The molecule has 408 valence electrons. The van der Waals surface area contributed by atoms with E-state index in [0.29, 0.717) is 6.42 Å². The number of rotatable bonds is 50. The molecule has 1 amide bonds. The van der Waals surface area contributed by atoms with E-state index in [1.165, 1.54) is 193 Å². The Morgan fingerprint density at radius 1 is 0.486 bits per heavy atom. The fourth-order valence-electron chi connectivity index (χ4n) is 9.12. The standard InChI is InChI=1S/C61H111NO8/c1-3-5-7-9-11-13-15-17-19-21-22-23-24-25-26-27-28-29-30-31-32-33-34-35-37-39-41-43-45-47-49-51-57(65)62-54(53-69-61-60(68)59(67)58(66)56(52-63)70-61)55(64)50-48-46-44-42-40-38-36-20-18-16-14-12-10-8-6-4-2/h15,17,21-22,24-25,40,42,48,50,54-56,58-61,63-64,66-68H,3-14,16,18-20,23,26-39,41,43-47,49,51-53H2,1-2H3,(H,62,65)/b17-15-,22-21-,25-24-,42-40+,50-48+. The van der Waals surface area contributed by atoms with Crippen molar-refractivity contribution in [3.63, 3.8) is 0 Å². The third kappa shape index (κ3) is 39.4. The molecule has 0 saturated carbocycles. The Balaban J connectivity index is 2.18. The van der Waals surface area contributed by atoms with Crippen LogP contribution in [0.1, 0.15) is 264 Å². The third-order valence-electron chi connectivity index (χ3n) is 13.8. The second-order valence-electron chi connectivity index (χ2n) is 20.4. The van der Waals surface area contributed by atoms with Gasteiger partial charge in [0, 0.05) is 6.42 Å². The van der Waals surface area contributed by atoms with Gasteiger partial charge in [-0.15, -0.1) is 0 Å². The Labute approximate surface area is 430 Å². The molecule has 7 unspecified atom stereocenters. The second-order valence-corrected chi connectivity index (χ2v) is 20.4. The molecule has 1 saturated heterocycles. The van der Waals surface area contributed by atoms with Gasteiger partial charge in [-0.25, -0.2) is 0 Å². The third-order valence-corrected chi connectivity index (χ3v) is 13.8. The maximum absolute atomic E-state index is 13.0. The van der Waals surface area contributed by atoms with Crippen molar-refractivity contribution in [1.29, 1.82) is 0 Å². The largest absolute Gasteiger partial charge is 0.394 e. The molecule has 0 aliphatic carbocycles. The SMILES string of the molecule is CCCCCCC/C=C\C/C=C\C/C=C\CCCCCCCCCCCCCCCCCCC(=O)NC(COC1OC(CO)C(O)C(O)C1O)C(O)/C=C/CC/C=C/CCCCCCCCCCCC. The van der Waals surface area contributed by atoms with Crippen LogP contribution >= 0.6 is 0 Å². The molecule has 9 heteroatoms. The monoisotopic (exact) mass is 986 g/mol. The molecular formula is C61H111NO8. The van der Waals surface area contributed by atoms with Crippen molar-refractivity contribution in [2.24, 2.45) is 0 Å². The number of unbranched alkanes of at least 4 members (excludes halogenated alkanes) is 32. The maximum Gasteiger partial charge on any atom is 0.220 e. The number of amides is 1. The van der Waals surface area contributed by atoms with Crippen LogP contribution in [-0.4, -0.2) is 87.5 Å². The number of aliphatic hydroxyl groups is 5. The smallest absolute Gasteiger partial charge is 0.220 e. The zero-order chi connectivity index (χ0) is 50.8. The molecule has 70 heavy (non-hydrogen) atoms. The van der Waals surface area contributed by atoms with E-state index in [2.05, 4.69) is 67.8 Å². The van der Waals surface area contributed by atoms with Gasteiger partial charge in [-0.2, -0.15) is 0 Å². The summed E-state index contributed by atoms with van der Waals surface area (Å²) in [5.41, 5.74) is 0. The van der Waals surface area contributed by atoms with Crippen molar-refractivity contribution in [2.45, 2.75) is 307 Å². The quantitative estimate of drug-likeness (QED) is 0.0261. The van der Waals surface area contributed by atoms with Gasteiger partial charge in [0.25, 0.3) is 0 Å². The van der Waals surface area contributed by atoms with Crippen molar-refractivity contribution in [2.75, 3.05) is 13.2 Å². The summed E-state index contributed by atoms with van der Waals surface area (Å²) in [7, 11) is 0. The summed E-state index contributed by atoms with van der Waals surface area (Å²) in [5, 5.41) is 54.4. The predicted octanol–water partition coefficient (Wildman–Crippen LogP) is 14.7. The number of carbonyl (C=O) groups is 1. The Morgan fingerprint density at radius 3 is 1.30 bits per heavy atom. The molecule has 0 spiro atoms. The molecule has 1 aliphatic rings. The van der Waals surface area contributed by atoms with Crippen molar-refractivity contribution >= 4 is 5.91 Å². The van der Waals surface area contributed by atoms with E-state index in [0.717, 1.165) is 51.4 Å². The van der Waals surface area contributed by atoms with Crippen LogP contribution in [0.15, 0.2) is 60.8 Å². The molecule has 1 fully saturated rings. The van der Waals surface area contributed by atoms with Gasteiger partial charge in [0.1, 0.15) is 24.4 Å². The zero-order valence-electron chi connectivity index (χ0n) is 45.3. The minimum absolute atomic E-state index is 0.186. The highest BCUT2D eigenvalue weighted by Gasteiger charge is 2.44. The number of hydrogen-bond acceptors (Lipinski definition) is 8. The molecule has 1 rings (SSSR count). The normalized spacial score (nSPS) is 19.8. The minimum atomic E-state index is -1.57. The molecule has 1 aliphatic heterocycles. The lowest BCUT2D eigenvalue weighted by molar-refractivity contribution is -0.302. The topological polar surface area (TPSA) is 149 Å². The highest BCUT2D eigenvalue weighted by atomic mass is 16.7. The Bertz CT molecular complexity index is 1280. The predicted molar refractivity (Wildman–Crippen MR) is 295 cm³/mol. The summed E-state index contributed by atoms with van der Waals surface area (Å²) in [6.07, 6.45) is 61.5. The van der Waals surface area contributed by atoms with E-state index in [-0.39, 0.29) is 12.5 Å². The van der Waals surface area contributed by atoms with E-state index < -0.39 is 49.5 Å². The first-order valence-corrected chi connectivity index (χ1v) is 29.5. The number of hydrogen-bond donors (Lipinski definition) is 6. The summed E-state index contributed by atoms with van der Waals surface area (Å²) < 4.78 is 11.3. The van der Waals surface area contributed by atoms with Crippen molar-refractivity contribution in [3.8, 4) is 0 Å². The van der Waals surface area contributed by atoms with Gasteiger partial charge >= 0.3 is 0 Å². The molecule has 6 N–H and O–H groups in total. The van der Waals surface area contributed by atoms with Gasteiger partial charge in [-0.1, -0.05) is 248 Å².